The Hall–Kier alpha value is -2.83. The van der Waals surface area contributed by atoms with Crippen LogP contribution in [0.2, 0.25) is 0 Å². The molecule has 7 nitrogen and oxygen atoms in total. The molecule has 1 aliphatic heterocycles. The molecule has 1 aliphatic rings. The Bertz CT molecular complexity index is 793. The number of benzene rings is 1. The summed E-state index contributed by atoms with van der Waals surface area (Å²) in [6, 6.07) is 5.30. The quantitative estimate of drug-likeness (QED) is 0.902. The van der Waals surface area contributed by atoms with Crippen LogP contribution in [0.15, 0.2) is 22.7 Å². The Morgan fingerprint density at radius 1 is 1.40 bits per heavy atom. The summed E-state index contributed by atoms with van der Waals surface area (Å²) >= 11 is 0. The van der Waals surface area contributed by atoms with Crippen molar-refractivity contribution in [1.82, 2.24) is 5.16 Å². The molecule has 2 heterocycles. The van der Waals surface area contributed by atoms with Crippen LogP contribution in [0, 0.1) is 13.8 Å². The summed E-state index contributed by atoms with van der Waals surface area (Å²) in [4.78, 5) is 25.9. The van der Waals surface area contributed by atoms with Crippen LogP contribution in [0.5, 0.6) is 5.75 Å². The molecular formula is C18H21N3O4. The van der Waals surface area contributed by atoms with Crippen molar-refractivity contribution < 1.29 is 18.8 Å². The van der Waals surface area contributed by atoms with Crippen LogP contribution in [-0.4, -0.2) is 30.6 Å². The van der Waals surface area contributed by atoms with Gasteiger partial charge in [-0.2, -0.15) is 0 Å². The molecule has 2 amide bonds. The lowest BCUT2D eigenvalue weighted by Crippen LogP contribution is -2.24. The molecule has 0 bridgehead atoms. The number of amides is 2. The van der Waals surface area contributed by atoms with Crippen LogP contribution in [-0.2, 0) is 16.0 Å². The van der Waals surface area contributed by atoms with Crippen LogP contribution in [0.1, 0.15) is 29.9 Å². The van der Waals surface area contributed by atoms with Gasteiger partial charge in [0.2, 0.25) is 11.8 Å². The van der Waals surface area contributed by atoms with Crippen molar-refractivity contribution in [2.45, 2.75) is 33.1 Å². The minimum Gasteiger partial charge on any atom is -0.494 e. The fourth-order valence-electron chi connectivity index (χ4n) is 3.00. The number of carbonyl (C=O) groups excluding carboxylic acids is 2. The number of hydrogen-bond acceptors (Lipinski definition) is 5. The Labute approximate surface area is 145 Å². The molecule has 132 valence electrons. The van der Waals surface area contributed by atoms with Crippen molar-refractivity contribution in [2.75, 3.05) is 23.9 Å². The molecule has 7 heteroatoms. The highest BCUT2D eigenvalue weighted by Crippen LogP contribution is 2.33. The van der Waals surface area contributed by atoms with Crippen LogP contribution < -0.4 is 15.0 Å². The molecule has 0 aliphatic carbocycles. The van der Waals surface area contributed by atoms with E-state index < -0.39 is 0 Å². The second-order valence-corrected chi connectivity index (χ2v) is 6.06. The molecule has 0 radical (unpaired) electrons. The molecule has 25 heavy (non-hydrogen) atoms. The molecule has 1 aromatic carbocycles. The third-order valence-electron chi connectivity index (χ3n) is 4.35. The first-order chi connectivity index (χ1) is 12.0. The minimum atomic E-state index is -0.165. The number of ether oxygens (including phenoxy) is 1. The highest BCUT2D eigenvalue weighted by atomic mass is 16.5. The zero-order chi connectivity index (χ0) is 18.0. The van der Waals surface area contributed by atoms with Crippen molar-refractivity contribution >= 4 is 23.2 Å². The number of nitrogens with one attached hydrogen (secondary N) is 1. The number of methoxy groups -OCH3 is 1. The van der Waals surface area contributed by atoms with Gasteiger partial charge in [0.15, 0.2) is 0 Å². The summed E-state index contributed by atoms with van der Waals surface area (Å²) in [6.45, 7) is 4.28. The van der Waals surface area contributed by atoms with Gasteiger partial charge in [-0.1, -0.05) is 5.16 Å². The van der Waals surface area contributed by atoms with Crippen molar-refractivity contribution in [2.24, 2.45) is 0 Å². The molecule has 0 saturated carbocycles. The van der Waals surface area contributed by atoms with Gasteiger partial charge in [0.25, 0.3) is 0 Å². The lowest BCUT2D eigenvalue weighted by molar-refractivity contribution is -0.117. The molecule has 0 unspecified atom stereocenters. The summed E-state index contributed by atoms with van der Waals surface area (Å²) in [7, 11) is 1.55. The van der Waals surface area contributed by atoms with Gasteiger partial charge >= 0.3 is 0 Å². The van der Waals surface area contributed by atoms with Gasteiger partial charge in [0.05, 0.1) is 24.9 Å². The monoisotopic (exact) mass is 343 g/mol. The first-order valence-electron chi connectivity index (χ1n) is 8.19. The largest absolute Gasteiger partial charge is 0.494 e. The molecule has 1 aromatic heterocycles. The topological polar surface area (TPSA) is 84.7 Å². The van der Waals surface area contributed by atoms with E-state index in [2.05, 4.69) is 10.5 Å². The first-order valence-corrected chi connectivity index (χ1v) is 8.19. The molecule has 0 atom stereocenters. The molecule has 1 fully saturated rings. The van der Waals surface area contributed by atoms with Crippen molar-refractivity contribution in [3.05, 3.63) is 35.2 Å². The lowest BCUT2D eigenvalue weighted by atomic mass is 10.1. The second kappa shape index (κ2) is 6.96. The van der Waals surface area contributed by atoms with Crippen LogP contribution in [0.3, 0.4) is 0 Å². The first kappa shape index (κ1) is 17.0. The number of rotatable bonds is 5. The van der Waals surface area contributed by atoms with E-state index in [1.54, 1.807) is 37.1 Å². The molecule has 1 N–H and O–H groups in total. The number of hydrogen-bond donors (Lipinski definition) is 1. The van der Waals surface area contributed by atoms with Crippen molar-refractivity contribution in [3.8, 4) is 5.75 Å². The Kier molecular flexibility index (Phi) is 4.74. The van der Waals surface area contributed by atoms with Gasteiger partial charge in [-0.25, -0.2) is 0 Å². The van der Waals surface area contributed by atoms with Crippen LogP contribution >= 0.6 is 0 Å². The Morgan fingerprint density at radius 3 is 2.80 bits per heavy atom. The molecule has 0 spiro atoms. The Morgan fingerprint density at radius 2 is 2.20 bits per heavy atom. The summed E-state index contributed by atoms with van der Waals surface area (Å²) in [5.41, 5.74) is 2.86. The zero-order valence-corrected chi connectivity index (χ0v) is 14.6. The summed E-state index contributed by atoms with van der Waals surface area (Å²) in [5, 5.41) is 6.70. The Balaban J connectivity index is 1.74. The lowest BCUT2D eigenvalue weighted by Gasteiger charge is -2.19. The third kappa shape index (κ3) is 3.50. The normalized spacial score (nSPS) is 14.0. The predicted molar refractivity (Wildman–Crippen MR) is 92.9 cm³/mol. The number of aryl methyl sites for hydroxylation is 2. The average molecular weight is 343 g/mol. The fourth-order valence-corrected chi connectivity index (χ4v) is 3.00. The highest BCUT2D eigenvalue weighted by Gasteiger charge is 2.24. The number of aromatic nitrogens is 1. The van der Waals surface area contributed by atoms with E-state index in [1.807, 2.05) is 6.92 Å². The smallest absolute Gasteiger partial charge is 0.229 e. The molecule has 1 saturated heterocycles. The second-order valence-electron chi connectivity index (χ2n) is 6.06. The van der Waals surface area contributed by atoms with E-state index in [4.69, 9.17) is 9.26 Å². The van der Waals surface area contributed by atoms with Gasteiger partial charge in [-0.3, -0.25) is 9.59 Å². The maximum Gasteiger partial charge on any atom is 0.229 e. The van der Waals surface area contributed by atoms with Crippen LogP contribution in [0.25, 0.3) is 0 Å². The molecule has 2 aromatic rings. The maximum absolute atomic E-state index is 12.3. The van der Waals surface area contributed by atoms with E-state index >= 15 is 0 Å². The SMILES string of the molecule is COc1cc(NC(=O)Cc2c(C)noc2C)ccc1N1CCCC1=O. The van der Waals surface area contributed by atoms with Crippen molar-refractivity contribution in [3.63, 3.8) is 0 Å². The van der Waals surface area contributed by atoms with Gasteiger partial charge in [-0.15, -0.1) is 0 Å². The number of nitrogens with zero attached hydrogens (tertiary/aromatic N) is 2. The molecular weight excluding hydrogens is 322 g/mol. The van der Waals surface area contributed by atoms with E-state index in [-0.39, 0.29) is 18.2 Å². The summed E-state index contributed by atoms with van der Waals surface area (Å²) < 4.78 is 10.5. The number of anilines is 2. The van der Waals surface area contributed by atoms with E-state index in [0.717, 1.165) is 17.7 Å². The van der Waals surface area contributed by atoms with Crippen molar-refractivity contribution in [1.29, 1.82) is 0 Å². The standard InChI is InChI=1S/C18H21N3O4/c1-11-14(12(2)25-20-11)10-17(22)19-13-6-7-15(16(9-13)24-3)21-8-4-5-18(21)23/h6-7,9H,4-5,8,10H2,1-3H3,(H,19,22). The average Bonchev–Trinajstić information content (AvgIpc) is 3.15. The fraction of sp³-hybridized carbons (Fsp3) is 0.389. The summed E-state index contributed by atoms with van der Waals surface area (Å²) in [6.07, 6.45) is 1.59. The van der Waals surface area contributed by atoms with E-state index in [9.17, 15) is 9.59 Å². The van der Waals surface area contributed by atoms with E-state index in [1.165, 1.54) is 0 Å². The third-order valence-corrected chi connectivity index (χ3v) is 4.35. The maximum atomic E-state index is 12.3. The van der Waals surface area contributed by atoms with Gasteiger partial charge in [0, 0.05) is 30.3 Å². The number of carbonyl (C=O) groups is 2. The molecule has 3 rings (SSSR count). The minimum absolute atomic E-state index is 0.0912. The van der Waals surface area contributed by atoms with Gasteiger partial charge in [-0.05, 0) is 32.4 Å². The van der Waals surface area contributed by atoms with Gasteiger partial charge in [0.1, 0.15) is 11.5 Å². The van der Waals surface area contributed by atoms with E-state index in [0.29, 0.717) is 35.9 Å². The predicted octanol–water partition coefficient (Wildman–Crippen LogP) is 2.61. The zero-order valence-electron chi connectivity index (χ0n) is 14.6. The highest BCUT2D eigenvalue weighted by molar-refractivity contribution is 5.98. The summed E-state index contributed by atoms with van der Waals surface area (Å²) in [5.74, 6) is 1.13. The van der Waals surface area contributed by atoms with Gasteiger partial charge < -0.3 is 19.5 Å². The van der Waals surface area contributed by atoms with Crippen LogP contribution in [0.4, 0.5) is 11.4 Å².